The molecule has 108 valence electrons. The van der Waals surface area contributed by atoms with Crippen molar-refractivity contribution in [2.45, 2.75) is 13.8 Å². The standard InChI is InChI=1S/C15H14N2O2S2/c1-3-19-10-4-5-11-12(8-10)21-15(16-11)17-14(18)13-9(2)6-7-20-13/h4-8H,3H2,1-2H3,(H,16,17,18). The molecule has 0 fully saturated rings. The number of ether oxygens (including phenoxy) is 1. The summed E-state index contributed by atoms with van der Waals surface area (Å²) >= 11 is 2.89. The van der Waals surface area contributed by atoms with Gasteiger partial charge in [-0.3, -0.25) is 10.1 Å². The molecular formula is C15H14N2O2S2. The quantitative estimate of drug-likeness (QED) is 0.779. The maximum atomic E-state index is 12.2. The zero-order valence-electron chi connectivity index (χ0n) is 11.7. The van der Waals surface area contributed by atoms with E-state index in [0.29, 0.717) is 11.7 Å². The van der Waals surface area contributed by atoms with Crippen LogP contribution >= 0.6 is 22.7 Å². The van der Waals surface area contributed by atoms with Gasteiger partial charge < -0.3 is 4.74 Å². The molecule has 1 aromatic carbocycles. The zero-order chi connectivity index (χ0) is 14.8. The molecule has 1 amide bonds. The van der Waals surface area contributed by atoms with Gasteiger partial charge in [0.15, 0.2) is 5.13 Å². The third-order valence-electron chi connectivity index (χ3n) is 2.96. The van der Waals surface area contributed by atoms with Gasteiger partial charge in [-0.2, -0.15) is 0 Å². The highest BCUT2D eigenvalue weighted by Crippen LogP contribution is 2.30. The normalized spacial score (nSPS) is 10.8. The van der Waals surface area contributed by atoms with Gasteiger partial charge in [-0.05, 0) is 49.1 Å². The number of carbonyl (C=O) groups excluding carboxylic acids is 1. The van der Waals surface area contributed by atoms with Crippen LogP contribution in [0.15, 0.2) is 29.6 Å². The van der Waals surface area contributed by atoms with Crippen molar-refractivity contribution >= 4 is 43.9 Å². The molecule has 0 saturated heterocycles. The summed E-state index contributed by atoms with van der Waals surface area (Å²) in [4.78, 5) is 17.3. The molecule has 0 saturated carbocycles. The minimum atomic E-state index is -0.105. The second-order valence-corrected chi connectivity index (χ2v) is 6.42. The molecule has 0 unspecified atom stereocenters. The number of fused-ring (bicyclic) bond motifs is 1. The average Bonchev–Trinajstić information content (AvgIpc) is 3.04. The minimum Gasteiger partial charge on any atom is -0.494 e. The van der Waals surface area contributed by atoms with Gasteiger partial charge in [0.25, 0.3) is 5.91 Å². The van der Waals surface area contributed by atoms with E-state index >= 15 is 0 Å². The van der Waals surface area contributed by atoms with Crippen molar-refractivity contribution in [2.24, 2.45) is 0 Å². The second kappa shape index (κ2) is 5.83. The van der Waals surface area contributed by atoms with Gasteiger partial charge in [0.05, 0.1) is 21.7 Å². The van der Waals surface area contributed by atoms with E-state index < -0.39 is 0 Å². The first-order chi connectivity index (χ1) is 10.2. The lowest BCUT2D eigenvalue weighted by atomic mass is 10.3. The monoisotopic (exact) mass is 318 g/mol. The highest BCUT2D eigenvalue weighted by Gasteiger charge is 2.13. The van der Waals surface area contributed by atoms with Crippen LogP contribution in [0.5, 0.6) is 5.75 Å². The van der Waals surface area contributed by atoms with E-state index in [1.807, 2.05) is 43.5 Å². The van der Waals surface area contributed by atoms with Crippen molar-refractivity contribution in [3.05, 3.63) is 40.1 Å². The van der Waals surface area contributed by atoms with Crippen molar-refractivity contribution < 1.29 is 9.53 Å². The minimum absolute atomic E-state index is 0.105. The van der Waals surface area contributed by atoms with Crippen LogP contribution in [0.1, 0.15) is 22.2 Å². The number of aromatic nitrogens is 1. The van der Waals surface area contributed by atoms with Gasteiger partial charge in [0, 0.05) is 0 Å². The van der Waals surface area contributed by atoms with Crippen molar-refractivity contribution in [3.63, 3.8) is 0 Å². The number of carbonyl (C=O) groups is 1. The number of benzene rings is 1. The van der Waals surface area contributed by atoms with E-state index in [4.69, 9.17) is 4.74 Å². The van der Waals surface area contributed by atoms with E-state index in [1.54, 1.807) is 0 Å². The number of thiazole rings is 1. The summed E-state index contributed by atoms with van der Waals surface area (Å²) in [7, 11) is 0. The lowest BCUT2D eigenvalue weighted by Gasteiger charge is -2.00. The Labute approximate surface area is 130 Å². The molecule has 0 aliphatic rings. The Morgan fingerprint density at radius 1 is 1.38 bits per heavy atom. The Morgan fingerprint density at radius 2 is 2.24 bits per heavy atom. The summed E-state index contributed by atoms with van der Waals surface area (Å²) in [6.07, 6.45) is 0. The fourth-order valence-corrected chi connectivity index (χ4v) is 3.68. The van der Waals surface area contributed by atoms with Crippen molar-refractivity contribution in [3.8, 4) is 5.75 Å². The number of thiophene rings is 1. The molecule has 2 heterocycles. The topological polar surface area (TPSA) is 51.2 Å². The summed E-state index contributed by atoms with van der Waals surface area (Å²) in [5.41, 5.74) is 1.85. The first kappa shape index (κ1) is 14.0. The second-order valence-electron chi connectivity index (χ2n) is 4.47. The summed E-state index contributed by atoms with van der Waals surface area (Å²) in [6.45, 7) is 4.51. The Balaban J connectivity index is 1.84. The third-order valence-corrected chi connectivity index (χ3v) is 4.91. The molecular weight excluding hydrogens is 304 g/mol. The van der Waals surface area contributed by atoms with E-state index in [9.17, 15) is 4.79 Å². The maximum Gasteiger partial charge on any atom is 0.267 e. The number of nitrogens with zero attached hydrogens (tertiary/aromatic N) is 1. The molecule has 0 radical (unpaired) electrons. The summed E-state index contributed by atoms with van der Waals surface area (Å²) < 4.78 is 6.47. The van der Waals surface area contributed by atoms with Crippen molar-refractivity contribution in [1.82, 2.24) is 4.98 Å². The maximum absolute atomic E-state index is 12.2. The van der Waals surface area contributed by atoms with Gasteiger partial charge in [-0.15, -0.1) is 11.3 Å². The molecule has 0 aliphatic carbocycles. The van der Waals surface area contributed by atoms with Crippen LogP contribution in [0.4, 0.5) is 5.13 Å². The smallest absolute Gasteiger partial charge is 0.267 e. The molecule has 0 atom stereocenters. The van der Waals surface area contributed by atoms with Crippen LogP contribution in [-0.4, -0.2) is 17.5 Å². The zero-order valence-corrected chi connectivity index (χ0v) is 13.3. The lowest BCUT2D eigenvalue weighted by molar-refractivity contribution is 0.103. The Bertz CT molecular complexity index is 792. The number of hydrogen-bond donors (Lipinski definition) is 1. The number of anilines is 1. The van der Waals surface area contributed by atoms with Gasteiger partial charge in [0.1, 0.15) is 5.75 Å². The molecule has 21 heavy (non-hydrogen) atoms. The number of nitrogens with one attached hydrogen (secondary N) is 1. The molecule has 3 aromatic rings. The largest absolute Gasteiger partial charge is 0.494 e. The van der Waals surface area contributed by atoms with Gasteiger partial charge >= 0.3 is 0 Å². The SMILES string of the molecule is CCOc1ccc2nc(NC(=O)c3sccc3C)sc2c1. The number of hydrogen-bond acceptors (Lipinski definition) is 5. The predicted octanol–water partition coefficient (Wildman–Crippen LogP) is 4.32. The fourth-order valence-electron chi connectivity index (χ4n) is 1.97. The molecule has 0 bridgehead atoms. The molecule has 2 aromatic heterocycles. The Hall–Kier alpha value is -1.92. The van der Waals surface area contributed by atoms with Crippen LogP contribution in [0.2, 0.25) is 0 Å². The van der Waals surface area contributed by atoms with E-state index in [2.05, 4.69) is 10.3 Å². The Morgan fingerprint density at radius 3 is 2.95 bits per heavy atom. The molecule has 4 nitrogen and oxygen atoms in total. The van der Waals surface area contributed by atoms with Crippen molar-refractivity contribution in [2.75, 3.05) is 11.9 Å². The first-order valence-electron chi connectivity index (χ1n) is 6.56. The summed E-state index contributed by atoms with van der Waals surface area (Å²) in [5.74, 6) is 0.715. The molecule has 6 heteroatoms. The van der Waals surface area contributed by atoms with E-state index in [0.717, 1.165) is 26.4 Å². The third kappa shape index (κ3) is 2.91. The number of amides is 1. The predicted molar refractivity (Wildman–Crippen MR) is 87.8 cm³/mol. The van der Waals surface area contributed by atoms with Gasteiger partial charge in [0.2, 0.25) is 0 Å². The highest BCUT2D eigenvalue weighted by molar-refractivity contribution is 7.22. The summed E-state index contributed by atoms with van der Waals surface area (Å²) in [6, 6.07) is 7.68. The molecule has 0 aliphatic heterocycles. The summed E-state index contributed by atoms with van der Waals surface area (Å²) in [5, 5.41) is 5.39. The number of rotatable bonds is 4. The molecule has 1 N–H and O–H groups in total. The van der Waals surface area contributed by atoms with E-state index in [-0.39, 0.29) is 5.91 Å². The highest BCUT2D eigenvalue weighted by atomic mass is 32.1. The molecule has 3 rings (SSSR count). The van der Waals surface area contributed by atoms with Crippen LogP contribution in [0.25, 0.3) is 10.2 Å². The van der Waals surface area contributed by atoms with Crippen LogP contribution in [0, 0.1) is 6.92 Å². The average molecular weight is 318 g/mol. The van der Waals surface area contributed by atoms with Crippen LogP contribution in [-0.2, 0) is 0 Å². The van der Waals surface area contributed by atoms with Crippen LogP contribution in [0.3, 0.4) is 0 Å². The Kier molecular flexibility index (Phi) is 3.90. The number of aryl methyl sites for hydroxylation is 1. The fraction of sp³-hybridized carbons (Fsp3) is 0.200. The van der Waals surface area contributed by atoms with Gasteiger partial charge in [-0.25, -0.2) is 4.98 Å². The van der Waals surface area contributed by atoms with E-state index in [1.165, 1.54) is 22.7 Å². The first-order valence-corrected chi connectivity index (χ1v) is 8.26. The van der Waals surface area contributed by atoms with Gasteiger partial charge in [-0.1, -0.05) is 11.3 Å². The molecule has 0 spiro atoms. The lowest BCUT2D eigenvalue weighted by Crippen LogP contribution is -2.10. The van der Waals surface area contributed by atoms with Crippen LogP contribution < -0.4 is 10.1 Å². The van der Waals surface area contributed by atoms with Crippen molar-refractivity contribution in [1.29, 1.82) is 0 Å².